The van der Waals surface area contributed by atoms with Crippen LogP contribution in [0, 0.1) is 5.82 Å². The predicted molar refractivity (Wildman–Crippen MR) is 74.5 cm³/mol. The number of hydrogen-bond donors (Lipinski definition) is 2. The molecule has 0 aliphatic heterocycles. The van der Waals surface area contributed by atoms with Gasteiger partial charge in [-0.05, 0) is 24.1 Å². The number of hydrogen-bond acceptors (Lipinski definition) is 2. The molecule has 2 nitrogen and oxygen atoms in total. The molecular weight excluding hydrogens is 265 g/mol. The molecule has 0 aliphatic carbocycles. The highest BCUT2D eigenvalue weighted by molar-refractivity contribution is 6.30. The summed E-state index contributed by atoms with van der Waals surface area (Å²) in [4.78, 5) is 0. The van der Waals surface area contributed by atoms with E-state index in [0.717, 1.165) is 5.56 Å². The Kier molecular flexibility index (Phi) is 4.53. The minimum absolute atomic E-state index is 0.174. The van der Waals surface area contributed by atoms with E-state index in [9.17, 15) is 9.50 Å². The molecule has 0 fully saturated rings. The molecule has 0 aliphatic rings. The molecule has 2 rings (SSSR count). The number of nitrogens with two attached hydrogens (primary N) is 1. The van der Waals surface area contributed by atoms with Gasteiger partial charge in [0.1, 0.15) is 5.82 Å². The van der Waals surface area contributed by atoms with E-state index in [0.29, 0.717) is 11.4 Å². The van der Waals surface area contributed by atoms with Gasteiger partial charge < -0.3 is 10.8 Å². The normalized spacial score (nSPS) is 14.1. The van der Waals surface area contributed by atoms with E-state index in [2.05, 4.69) is 0 Å². The van der Waals surface area contributed by atoms with Crippen LogP contribution in [-0.4, -0.2) is 11.1 Å². The molecule has 4 heteroatoms. The molecule has 2 aromatic carbocycles. The lowest BCUT2D eigenvalue weighted by molar-refractivity contribution is 0.142. The average molecular weight is 280 g/mol. The second-order valence-electron chi connectivity index (χ2n) is 4.46. The largest absolute Gasteiger partial charge is 0.387 e. The number of aliphatic hydroxyl groups is 1. The van der Waals surface area contributed by atoms with Gasteiger partial charge in [0.25, 0.3) is 0 Å². The van der Waals surface area contributed by atoms with Gasteiger partial charge in [0.2, 0.25) is 0 Å². The van der Waals surface area contributed by atoms with Crippen LogP contribution < -0.4 is 5.73 Å². The number of benzene rings is 2. The summed E-state index contributed by atoms with van der Waals surface area (Å²) < 4.78 is 13.7. The van der Waals surface area contributed by atoms with Gasteiger partial charge in [-0.1, -0.05) is 48.0 Å². The summed E-state index contributed by atoms with van der Waals surface area (Å²) in [5.41, 5.74) is 7.12. The molecule has 0 radical (unpaired) electrons. The van der Waals surface area contributed by atoms with E-state index < -0.39 is 18.0 Å². The first kappa shape index (κ1) is 14.0. The van der Waals surface area contributed by atoms with Gasteiger partial charge in [0.05, 0.1) is 6.10 Å². The zero-order chi connectivity index (χ0) is 13.8. The van der Waals surface area contributed by atoms with E-state index >= 15 is 0 Å². The van der Waals surface area contributed by atoms with Gasteiger partial charge in [0, 0.05) is 16.6 Å². The average Bonchev–Trinajstić information content (AvgIpc) is 2.39. The summed E-state index contributed by atoms with van der Waals surface area (Å²) in [6, 6.07) is 13.2. The minimum Gasteiger partial charge on any atom is -0.387 e. The maximum Gasteiger partial charge on any atom is 0.130 e. The lowest BCUT2D eigenvalue weighted by Crippen LogP contribution is -2.31. The summed E-state index contributed by atoms with van der Waals surface area (Å²) in [5, 5.41) is 10.4. The molecule has 2 atom stereocenters. The fourth-order valence-electron chi connectivity index (χ4n) is 1.97. The van der Waals surface area contributed by atoms with Crippen molar-refractivity contribution in [2.45, 2.75) is 18.6 Å². The van der Waals surface area contributed by atoms with Crippen LogP contribution in [0.15, 0.2) is 48.5 Å². The van der Waals surface area contributed by atoms with Gasteiger partial charge in [-0.15, -0.1) is 0 Å². The highest BCUT2D eigenvalue weighted by Gasteiger charge is 2.20. The van der Waals surface area contributed by atoms with Gasteiger partial charge in [0.15, 0.2) is 0 Å². The monoisotopic (exact) mass is 279 g/mol. The minimum atomic E-state index is -1.06. The van der Waals surface area contributed by atoms with Crippen molar-refractivity contribution in [1.82, 2.24) is 0 Å². The van der Waals surface area contributed by atoms with Crippen molar-refractivity contribution in [2.24, 2.45) is 5.73 Å². The molecule has 0 spiro atoms. The Hall–Kier alpha value is -1.42. The van der Waals surface area contributed by atoms with Crippen LogP contribution in [0.5, 0.6) is 0 Å². The first-order chi connectivity index (χ1) is 9.08. The van der Waals surface area contributed by atoms with Crippen molar-refractivity contribution in [3.05, 3.63) is 70.5 Å². The smallest absolute Gasteiger partial charge is 0.130 e. The van der Waals surface area contributed by atoms with E-state index in [4.69, 9.17) is 17.3 Å². The van der Waals surface area contributed by atoms with Crippen LogP contribution in [0.3, 0.4) is 0 Å². The second kappa shape index (κ2) is 6.15. The summed E-state index contributed by atoms with van der Waals surface area (Å²) in [6.07, 6.45) is -0.582. The highest BCUT2D eigenvalue weighted by atomic mass is 35.5. The molecule has 0 bridgehead atoms. The fraction of sp³-hybridized carbons (Fsp3) is 0.200. The summed E-state index contributed by atoms with van der Waals surface area (Å²) in [5.74, 6) is -0.538. The Morgan fingerprint density at radius 2 is 1.84 bits per heavy atom. The fourth-order valence-corrected chi connectivity index (χ4v) is 2.13. The van der Waals surface area contributed by atoms with E-state index in [-0.39, 0.29) is 5.56 Å². The Morgan fingerprint density at radius 1 is 1.16 bits per heavy atom. The molecule has 0 amide bonds. The Morgan fingerprint density at radius 3 is 2.47 bits per heavy atom. The first-order valence-electron chi connectivity index (χ1n) is 6.00. The summed E-state index contributed by atoms with van der Waals surface area (Å²) in [6.45, 7) is 0. The van der Waals surface area contributed by atoms with Crippen LogP contribution in [0.1, 0.15) is 17.2 Å². The van der Waals surface area contributed by atoms with Gasteiger partial charge in [-0.3, -0.25) is 0 Å². The molecule has 0 saturated carbocycles. The maximum atomic E-state index is 13.7. The molecule has 0 aromatic heterocycles. The zero-order valence-corrected chi connectivity index (χ0v) is 11.0. The molecule has 2 aromatic rings. The van der Waals surface area contributed by atoms with Crippen molar-refractivity contribution in [3.63, 3.8) is 0 Å². The Labute approximate surface area is 116 Å². The van der Waals surface area contributed by atoms with Crippen LogP contribution in [0.2, 0.25) is 5.02 Å². The maximum absolute atomic E-state index is 13.7. The molecule has 100 valence electrons. The first-order valence-corrected chi connectivity index (χ1v) is 6.38. The lowest BCUT2D eigenvalue weighted by Gasteiger charge is -2.20. The van der Waals surface area contributed by atoms with Crippen LogP contribution in [0.25, 0.3) is 0 Å². The summed E-state index contributed by atoms with van der Waals surface area (Å²) in [7, 11) is 0. The highest BCUT2D eigenvalue weighted by Crippen LogP contribution is 2.23. The number of aliphatic hydroxyl groups excluding tert-OH is 1. The standard InChI is InChI=1S/C15H15ClFNO/c16-11-6-7-12(13(17)9-11)15(19)14(18)8-10-4-2-1-3-5-10/h1-7,9,14-15,19H,8,18H2. The lowest BCUT2D eigenvalue weighted by atomic mass is 9.96. The van der Waals surface area contributed by atoms with Crippen LogP contribution in [0.4, 0.5) is 4.39 Å². The van der Waals surface area contributed by atoms with Crippen molar-refractivity contribution < 1.29 is 9.50 Å². The number of halogens is 2. The van der Waals surface area contributed by atoms with Gasteiger partial charge >= 0.3 is 0 Å². The molecule has 0 heterocycles. The Bertz CT molecular complexity index is 547. The van der Waals surface area contributed by atoms with E-state index in [1.54, 1.807) is 6.07 Å². The molecule has 2 unspecified atom stereocenters. The van der Waals surface area contributed by atoms with Crippen molar-refractivity contribution in [1.29, 1.82) is 0 Å². The SMILES string of the molecule is NC(Cc1ccccc1)C(O)c1ccc(Cl)cc1F. The second-order valence-corrected chi connectivity index (χ2v) is 4.90. The third-order valence-corrected chi connectivity index (χ3v) is 3.24. The van der Waals surface area contributed by atoms with Crippen LogP contribution in [-0.2, 0) is 6.42 Å². The quantitative estimate of drug-likeness (QED) is 0.903. The van der Waals surface area contributed by atoms with Gasteiger partial charge in [-0.2, -0.15) is 0 Å². The predicted octanol–water partition coefficient (Wildman–Crippen LogP) is 3.08. The third kappa shape index (κ3) is 3.53. The molecule has 19 heavy (non-hydrogen) atoms. The third-order valence-electron chi connectivity index (χ3n) is 3.00. The number of rotatable bonds is 4. The van der Waals surface area contributed by atoms with Crippen LogP contribution >= 0.6 is 11.6 Å². The topological polar surface area (TPSA) is 46.2 Å². The van der Waals surface area contributed by atoms with Crippen molar-refractivity contribution in [3.8, 4) is 0 Å². The van der Waals surface area contributed by atoms with Gasteiger partial charge in [-0.25, -0.2) is 4.39 Å². The summed E-state index contributed by atoms with van der Waals surface area (Å²) >= 11 is 5.68. The molecular formula is C15H15ClFNO. The molecule has 0 saturated heterocycles. The van der Waals surface area contributed by atoms with Crippen molar-refractivity contribution >= 4 is 11.6 Å². The van der Waals surface area contributed by atoms with Crippen molar-refractivity contribution in [2.75, 3.05) is 0 Å². The van der Waals surface area contributed by atoms with E-state index in [1.807, 2.05) is 30.3 Å². The Balaban J connectivity index is 2.12. The zero-order valence-electron chi connectivity index (χ0n) is 10.3. The molecule has 3 N–H and O–H groups in total. The van der Waals surface area contributed by atoms with E-state index in [1.165, 1.54) is 12.1 Å².